The Kier molecular flexibility index (Phi) is 2.68. The fourth-order valence-electron chi connectivity index (χ4n) is 2.06. The fraction of sp³-hybridized carbons (Fsp3) is 0.308. The van der Waals surface area contributed by atoms with Gasteiger partial charge in [-0.25, -0.2) is 0 Å². The number of carbonyl (C=O) groups excluding carboxylic acids is 1. The summed E-state index contributed by atoms with van der Waals surface area (Å²) >= 11 is 0. The van der Waals surface area contributed by atoms with E-state index in [0.717, 1.165) is 5.39 Å². The van der Waals surface area contributed by atoms with Crippen LogP contribution >= 0.6 is 0 Å². The minimum Gasteiger partial charge on any atom is -0.508 e. The summed E-state index contributed by atoms with van der Waals surface area (Å²) in [6.07, 6.45) is 0. The lowest BCUT2D eigenvalue weighted by Crippen LogP contribution is -2.40. The molecule has 0 bridgehead atoms. The third-order valence-electron chi connectivity index (χ3n) is 3.01. The number of fused-ring (bicyclic) bond motifs is 1. The molecule has 0 spiro atoms. The fourth-order valence-corrected chi connectivity index (χ4v) is 2.06. The Bertz CT molecular complexity index is 584. The summed E-state index contributed by atoms with van der Waals surface area (Å²) in [6.45, 7) is 2.29. The highest BCUT2D eigenvalue weighted by atomic mass is 16.5. The second-order valence-electron chi connectivity index (χ2n) is 4.24. The van der Waals surface area contributed by atoms with E-state index in [-0.39, 0.29) is 11.7 Å². The SMILES string of the molecule is O=C(c1cc2cc(O)ccc2o1)N1CCOCC1. The zero-order valence-corrected chi connectivity index (χ0v) is 9.76. The number of hydrogen-bond acceptors (Lipinski definition) is 4. The molecular formula is C13H13NO4. The molecule has 0 unspecified atom stereocenters. The molecule has 2 heterocycles. The molecule has 2 aromatic rings. The predicted octanol–water partition coefficient (Wildman–Crippen LogP) is 1.61. The van der Waals surface area contributed by atoms with Crippen molar-refractivity contribution in [3.8, 4) is 5.75 Å². The summed E-state index contributed by atoms with van der Waals surface area (Å²) in [5.74, 6) is 0.333. The summed E-state index contributed by atoms with van der Waals surface area (Å²) < 4.78 is 10.7. The van der Waals surface area contributed by atoms with Gasteiger partial charge in [0.2, 0.25) is 0 Å². The summed E-state index contributed by atoms with van der Waals surface area (Å²) in [7, 11) is 0. The molecule has 0 saturated carbocycles. The monoisotopic (exact) mass is 247 g/mol. The van der Waals surface area contributed by atoms with Gasteiger partial charge in [0.25, 0.3) is 5.91 Å². The highest BCUT2D eigenvalue weighted by molar-refractivity contribution is 5.96. The van der Waals surface area contributed by atoms with Crippen molar-refractivity contribution in [3.63, 3.8) is 0 Å². The molecular weight excluding hydrogens is 234 g/mol. The van der Waals surface area contributed by atoms with Gasteiger partial charge < -0.3 is 19.2 Å². The second kappa shape index (κ2) is 4.34. The number of furan rings is 1. The maximum Gasteiger partial charge on any atom is 0.289 e. The van der Waals surface area contributed by atoms with Crippen LogP contribution in [-0.4, -0.2) is 42.2 Å². The molecule has 0 radical (unpaired) electrons. The van der Waals surface area contributed by atoms with Crippen LogP contribution in [0.5, 0.6) is 5.75 Å². The molecule has 5 heteroatoms. The lowest BCUT2D eigenvalue weighted by atomic mass is 10.2. The predicted molar refractivity (Wildman–Crippen MR) is 64.6 cm³/mol. The third kappa shape index (κ3) is 1.93. The number of morpholine rings is 1. The molecule has 0 atom stereocenters. The topological polar surface area (TPSA) is 62.9 Å². The van der Waals surface area contributed by atoms with E-state index in [1.165, 1.54) is 6.07 Å². The Hall–Kier alpha value is -2.01. The third-order valence-corrected chi connectivity index (χ3v) is 3.01. The number of benzene rings is 1. The number of amides is 1. The summed E-state index contributed by atoms with van der Waals surface area (Å²) in [4.78, 5) is 13.9. The molecule has 5 nitrogen and oxygen atoms in total. The molecule has 1 aliphatic rings. The lowest BCUT2D eigenvalue weighted by molar-refractivity contribution is 0.0284. The van der Waals surface area contributed by atoms with Crippen LogP contribution in [0.25, 0.3) is 11.0 Å². The van der Waals surface area contributed by atoms with E-state index in [1.807, 2.05) is 0 Å². The second-order valence-corrected chi connectivity index (χ2v) is 4.24. The zero-order chi connectivity index (χ0) is 12.5. The molecule has 0 aliphatic carbocycles. The highest BCUT2D eigenvalue weighted by Gasteiger charge is 2.21. The van der Waals surface area contributed by atoms with Crippen molar-refractivity contribution >= 4 is 16.9 Å². The maximum atomic E-state index is 12.2. The van der Waals surface area contributed by atoms with Crippen molar-refractivity contribution in [3.05, 3.63) is 30.0 Å². The van der Waals surface area contributed by atoms with E-state index in [2.05, 4.69) is 0 Å². The minimum atomic E-state index is -0.131. The number of hydrogen-bond donors (Lipinski definition) is 1. The molecule has 1 fully saturated rings. The Morgan fingerprint density at radius 2 is 2.00 bits per heavy atom. The van der Waals surface area contributed by atoms with E-state index in [0.29, 0.717) is 37.6 Å². The van der Waals surface area contributed by atoms with Crippen LogP contribution in [0, 0.1) is 0 Å². The van der Waals surface area contributed by atoms with Gasteiger partial charge in [-0.15, -0.1) is 0 Å². The van der Waals surface area contributed by atoms with Crippen LogP contribution in [0.4, 0.5) is 0 Å². The molecule has 1 N–H and O–H groups in total. The average molecular weight is 247 g/mol. The van der Waals surface area contributed by atoms with Gasteiger partial charge in [-0.2, -0.15) is 0 Å². The Balaban J connectivity index is 1.91. The highest BCUT2D eigenvalue weighted by Crippen LogP contribution is 2.24. The number of ether oxygens (including phenoxy) is 1. The van der Waals surface area contributed by atoms with Crippen LogP contribution < -0.4 is 0 Å². The van der Waals surface area contributed by atoms with Crippen LogP contribution in [0.1, 0.15) is 10.6 Å². The van der Waals surface area contributed by atoms with Crippen LogP contribution in [0.2, 0.25) is 0 Å². The van der Waals surface area contributed by atoms with Gasteiger partial charge in [0.05, 0.1) is 13.2 Å². The van der Waals surface area contributed by atoms with E-state index < -0.39 is 0 Å². The Morgan fingerprint density at radius 1 is 1.22 bits per heavy atom. The zero-order valence-electron chi connectivity index (χ0n) is 9.76. The van der Waals surface area contributed by atoms with Crippen LogP contribution in [-0.2, 0) is 4.74 Å². The van der Waals surface area contributed by atoms with Crippen LogP contribution in [0.3, 0.4) is 0 Å². The largest absolute Gasteiger partial charge is 0.508 e. The number of aromatic hydroxyl groups is 1. The first kappa shape index (κ1) is 11.1. The maximum absolute atomic E-state index is 12.2. The number of rotatable bonds is 1. The van der Waals surface area contributed by atoms with E-state index in [9.17, 15) is 9.90 Å². The average Bonchev–Trinajstić information content (AvgIpc) is 2.81. The quantitative estimate of drug-likeness (QED) is 0.831. The van der Waals surface area contributed by atoms with Gasteiger partial charge in [0.1, 0.15) is 11.3 Å². The molecule has 1 saturated heterocycles. The first-order chi connectivity index (χ1) is 8.74. The van der Waals surface area contributed by atoms with Gasteiger partial charge in [-0.3, -0.25) is 4.79 Å². The van der Waals surface area contributed by atoms with Gasteiger partial charge in [0, 0.05) is 18.5 Å². The standard InChI is InChI=1S/C13H13NO4/c15-10-1-2-11-9(7-10)8-12(18-11)13(16)14-3-5-17-6-4-14/h1-2,7-8,15H,3-6H2. The number of phenols is 1. The van der Waals surface area contributed by atoms with E-state index in [1.54, 1.807) is 23.1 Å². The van der Waals surface area contributed by atoms with Crippen molar-refractivity contribution in [1.29, 1.82) is 0 Å². The first-order valence-corrected chi connectivity index (χ1v) is 5.83. The van der Waals surface area contributed by atoms with E-state index in [4.69, 9.17) is 9.15 Å². The van der Waals surface area contributed by atoms with Gasteiger partial charge in [-0.05, 0) is 24.3 Å². The van der Waals surface area contributed by atoms with Crippen molar-refractivity contribution in [2.24, 2.45) is 0 Å². The molecule has 94 valence electrons. The Labute approximate surface area is 104 Å². The molecule has 1 aromatic carbocycles. The molecule has 3 rings (SSSR count). The van der Waals surface area contributed by atoms with Gasteiger partial charge in [0.15, 0.2) is 5.76 Å². The summed E-state index contributed by atoms with van der Waals surface area (Å²) in [5, 5.41) is 10.1. The normalized spacial score (nSPS) is 16.1. The molecule has 18 heavy (non-hydrogen) atoms. The van der Waals surface area contributed by atoms with E-state index >= 15 is 0 Å². The van der Waals surface area contributed by atoms with Crippen molar-refractivity contribution in [2.45, 2.75) is 0 Å². The van der Waals surface area contributed by atoms with Crippen molar-refractivity contribution in [2.75, 3.05) is 26.3 Å². The number of nitrogens with zero attached hydrogens (tertiary/aromatic N) is 1. The molecule has 1 aromatic heterocycles. The molecule has 1 amide bonds. The smallest absolute Gasteiger partial charge is 0.289 e. The summed E-state index contributed by atoms with van der Waals surface area (Å²) in [6, 6.07) is 6.43. The number of phenolic OH excluding ortho intramolecular Hbond substituents is 1. The van der Waals surface area contributed by atoms with Gasteiger partial charge >= 0.3 is 0 Å². The van der Waals surface area contributed by atoms with Crippen molar-refractivity contribution in [1.82, 2.24) is 4.90 Å². The molecule has 1 aliphatic heterocycles. The summed E-state index contributed by atoms with van der Waals surface area (Å²) in [5.41, 5.74) is 0.601. The Morgan fingerprint density at radius 3 is 2.78 bits per heavy atom. The van der Waals surface area contributed by atoms with Gasteiger partial charge in [-0.1, -0.05) is 0 Å². The van der Waals surface area contributed by atoms with Crippen LogP contribution in [0.15, 0.2) is 28.7 Å². The first-order valence-electron chi connectivity index (χ1n) is 5.83. The lowest BCUT2D eigenvalue weighted by Gasteiger charge is -2.25. The number of carbonyl (C=O) groups is 1. The minimum absolute atomic E-state index is 0.131. The van der Waals surface area contributed by atoms with Crippen molar-refractivity contribution < 1.29 is 19.1 Å².